The number of rotatable bonds is 5. The Morgan fingerprint density at radius 2 is 2.04 bits per heavy atom. The van der Waals surface area contributed by atoms with Gasteiger partial charge in [0.15, 0.2) is 5.16 Å². The third-order valence-electron chi connectivity index (χ3n) is 4.10. The summed E-state index contributed by atoms with van der Waals surface area (Å²) in [5, 5.41) is 3.74. The van der Waals surface area contributed by atoms with Crippen molar-refractivity contribution in [2.75, 3.05) is 11.5 Å². The maximum absolute atomic E-state index is 12.3. The molecular weight excluding hydrogens is 308 g/mol. The number of aryl methyl sites for hydroxylation is 1. The molecule has 2 aromatic rings. The summed E-state index contributed by atoms with van der Waals surface area (Å²) in [5.41, 5.74) is 7.49. The van der Waals surface area contributed by atoms with Crippen LogP contribution in [0.1, 0.15) is 30.5 Å². The van der Waals surface area contributed by atoms with Crippen molar-refractivity contribution in [2.45, 2.75) is 36.9 Å². The van der Waals surface area contributed by atoms with Gasteiger partial charge >= 0.3 is 0 Å². The van der Waals surface area contributed by atoms with Gasteiger partial charge in [0.1, 0.15) is 5.82 Å². The van der Waals surface area contributed by atoms with Crippen LogP contribution in [0.2, 0.25) is 0 Å². The lowest BCUT2D eigenvalue weighted by molar-refractivity contribution is -0.121. The van der Waals surface area contributed by atoms with Gasteiger partial charge in [-0.05, 0) is 31.7 Å². The molecule has 1 aromatic heterocycles. The average Bonchev–Trinajstić information content (AvgIpc) is 2.49. The van der Waals surface area contributed by atoms with Crippen molar-refractivity contribution in [3.63, 3.8) is 0 Å². The van der Waals surface area contributed by atoms with E-state index < -0.39 is 0 Å². The highest BCUT2D eigenvalue weighted by atomic mass is 32.2. The van der Waals surface area contributed by atoms with Crippen molar-refractivity contribution in [2.24, 2.45) is 0 Å². The molecular formula is C17H20N4OS. The molecule has 0 saturated heterocycles. The molecule has 0 aliphatic heterocycles. The summed E-state index contributed by atoms with van der Waals surface area (Å²) >= 11 is 1.31. The number of hydrogen-bond donors (Lipinski definition) is 2. The zero-order chi connectivity index (χ0) is 16.3. The molecule has 1 amide bonds. The van der Waals surface area contributed by atoms with Gasteiger partial charge in [0, 0.05) is 11.8 Å². The quantitative estimate of drug-likeness (QED) is 0.651. The highest BCUT2D eigenvalue weighted by Gasteiger charge is 2.39. The number of nitrogen functional groups attached to an aromatic ring is 1. The minimum atomic E-state index is -0.203. The summed E-state index contributed by atoms with van der Waals surface area (Å²) in [4.78, 5) is 20.8. The average molecular weight is 328 g/mol. The Morgan fingerprint density at radius 1 is 1.30 bits per heavy atom. The molecule has 0 atom stereocenters. The van der Waals surface area contributed by atoms with E-state index in [1.807, 2.05) is 25.1 Å². The van der Waals surface area contributed by atoms with Gasteiger partial charge in [-0.2, -0.15) is 0 Å². The first-order valence-electron chi connectivity index (χ1n) is 7.68. The summed E-state index contributed by atoms with van der Waals surface area (Å²) in [6, 6.07) is 11.9. The van der Waals surface area contributed by atoms with Crippen molar-refractivity contribution in [1.29, 1.82) is 0 Å². The first kappa shape index (κ1) is 15.8. The largest absolute Gasteiger partial charge is 0.384 e. The number of hydrogen-bond acceptors (Lipinski definition) is 5. The first-order chi connectivity index (χ1) is 11.1. The number of anilines is 1. The number of nitrogens with zero attached hydrogens (tertiary/aromatic N) is 2. The second-order valence-corrected chi connectivity index (χ2v) is 6.80. The van der Waals surface area contributed by atoms with E-state index in [0.29, 0.717) is 11.0 Å². The zero-order valence-corrected chi connectivity index (χ0v) is 13.9. The fraction of sp³-hybridized carbons (Fsp3) is 0.353. The summed E-state index contributed by atoms with van der Waals surface area (Å²) in [6.45, 7) is 1.86. The Balaban J connectivity index is 1.62. The van der Waals surface area contributed by atoms with Crippen LogP contribution in [-0.4, -0.2) is 21.6 Å². The van der Waals surface area contributed by atoms with E-state index >= 15 is 0 Å². The van der Waals surface area contributed by atoms with Crippen molar-refractivity contribution >= 4 is 23.5 Å². The Bertz CT molecular complexity index is 681. The maximum Gasteiger partial charge on any atom is 0.231 e. The number of thioether (sulfide) groups is 1. The molecule has 5 nitrogen and oxygen atoms in total. The molecule has 0 unspecified atom stereocenters. The molecule has 3 rings (SSSR count). The van der Waals surface area contributed by atoms with Crippen LogP contribution in [0, 0.1) is 6.92 Å². The number of benzene rings is 1. The van der Waals surface area contributed by atoms with Gasteiger partial charge in [-0.1, -0.05) is 42.1 Å². The van der Waals surface area contributed by atoms with E-state index in [-0.39, 0.29) is 17.2 Å². The second kappa shape index (κ2) is 6.58. The molecule has 1 fully saturated rings. The Labute approximate surface area is 140 Å². The summed E-state index contributed by atoms with van der Waals surface area (Å²) in [6.07, 6.45) is 3.11. The van der Waals surface area contributed by atoms with Crippen molar-refractivity contribution < 1.29 is 4.79 Å². The Hall–Kier alpha value is -2.08. The first-order valence-corrected chi connectivity index (χ1v) is 8.66. The lowest BCUT2D eigenvalue weighted by Crippen LogP contribution is -2.51. The Morgan fingerprint density at radius 3 is 2.65 bits per heavy atom. The molecule has 3 N–H and O–H groups in total. The predicted molar refractivity (Wildman–Crippen MR) is 92.0 cm³/mol. The molecule has 6 heteroatoms. The van der Waals surface area contributed by atoms with E-state index in [4.69, 9.17) is 5.73 Å². The van der Waals surface area contributed by atoms with Crippen LogP contribution in [0.25, 0.3) is 0 Å². The van der Waals surface area contributed by atoms with Crippen LogP contribution in [0.5, 0.6) is 0 Å². The number of aromatic nitrogens is 2. The highest BCUT2D eigenvalue weighted by molar-refractivity contribution is 7.99. The van der Waals surface area contributed by atoms with Crippen LogP contribution in [-0.2, 0) is 10.3 Å². The number of carbonyl (C=O) groups is 1. The fourth-order valence-electron chi connectivity index (χ4n) is 2.84. The molecule has 0 spiro atoms. The monoisotopic (exact) mass is 328 g/mol. The van der Waals surface area contributed by atoms with Gasteiger partial charge in [-0.3, -0.25) is 4.79 Å². The molecule has 1 aliphatic rings. The van der Waals surface area contributed by atoms with Gasteiger partial charge < -0.3 is 11.1 Å². The van der Waals surface area contributed by atoms with E-state index in [1.54, 1.807) is 6.07 Å². The minimum absolute atomic E-state index is 0.00207. The topological polar surface area (TPSA) is 80.9 Å². The van der Waals surface area contributed by atoms with E-state index in [1.165, 1.54) is 17.3 Å². The highest BCUT2D eigenvalue weighted by Crippen LogP contribution is 2.41. The molecule has 0 radical (unpaired) electrons. The number of nitrogens with one attached hydrogen (secondary N) is 1. The molecule has 1 heterocycles. The SMILES string of the molecule is Cc1cc(N)nc(SCC(=O)NC2(c3ccccc3)CCC2)n1. The number of amides is 1. The van der Waals surface area contributed by atoms with Gasteiger partial charge in [-0.25, -0.2) is 9.97 Å². The standard InChI is InChI=1S/C17H20N4OS/c1-12-10-14(18)20-16(19-12)23-11-15(22)21-17(8-5-9-17)13-6-3-2-4-7-13/h2-4,6-7,10H,5,8-9,11H2,1H3,(H,21,22)(H2,18,19,20). The molecule has 1 aromatic carbocycles. The molecule has 1 aliphatic carbocycles. The summed E-state index contributed by atoms with van der Waals surface area (Å²) < 4.78 is 0. The molecule has 120 valence electrons. The van der Waals surface area contributed by atoms with E-state index in [2.05, 4.69) is 27.4 Å². The fourth-order valence-corrected chi connectivity index (χ4v) is 3.55. The predicted octanol–water partition coefficient (Wildman–Crippen LogP) is 2.65. The molecule has 1 saturated carbocycles. The van der Waals surface area contributed by atoms with E-state index in [9.17, 15) is 4.79 Å². The third kappa shape index (κ3) is 3.64. The van der Waals surface area contributed by atoms with Crippen molar-refractivity contribution in [1.82, 2.24) is 15.3 Å². The third-order valence-corrected chi connectivity index (χ3v) is 4.95. The minimum Gasteiger partial charge on any atom is -0.384 e. The lowest BCUT2D eigenvalue weighted by Gasteiger charge is -2.43. The maximum atomic E-state index is 12.3. The van der Waals surface area contributed by atoms with Crippen LogP contribution in [0.3, 0.4) is 0 Å². The Kier molecular flexibility index (Phi) is 4.52. The van der Waals surface area contributed by atoms with Gasteiger partial charge in [0.2, 0.25) is 5.91 Å². The second-order valence-electron chi connectivity index (χ2n) is 5.86. The van der Waals surface area contributed by atoms with Crippen molar-refractivity contribution in [3.05, 3.63) is 47.7 Å². The normalized spacial score (nSPS) is 15.7. The van der Waals surface area contributed by atoms with Gasteiger partial charge in [0.25, 0.3) is 0 Å². The van der Waals surface area contributed by atoms with E-state index in [0.717, 1.165) is 25.0 Å². The van der Waals surface area contributed by atoms with Crippen molar-refractivity contribution in [3.8, 4) is 0 Å². The summed E-state index contributed by atoms with van der Waals surface area (Å²) in [7, 11) is 0. The molecule has 23 heavy (non-hydrogen) atoms. The van der Waals surface area contributed by atoms with Gasteiger partial charge in [-0.15, -0.1) is 0 Å². The number of carbonyl (C=O) groups excluding carboxylic acids is 1. The van der Waals surface area contributed by atoms with Crippen LogP contribution in [0.15, 0.2) is 41.6 Å². The lowest BCUT2D eigenvalue weighted by atomic mass is 9.72. The van der Waals surface area contributed by atoms with Crippen LogP contribution < -0.4 is 11.1 Å². The molecule has 0 bridgehead atoms. The zero-order valence-electron chi connectivity index (χ0n) is 13.1. The van der Waals surface area contributed by atoms with Gasteiger partial charge in [0.05, 0.1) is 11.3 Å². The smallest absolute Gasteiger partial charge is 0.231 e. The van der Waals surface area contributed by atoms with Crippen LogP contribution in [0.4, 0.5) is 5.82 Å². The van der Waals surface area contributed by atoms with Crippen LogP contribution >= 0.6 is 11.8 Å². The summed E-state index contributed by atoms with van der Waals surface area (Å²) in [5.74, 6) is 0.722. The number of nitrogens with two attached hydrogens (primary N) is 1.